The van der Waals surface area contributed by atoms with E-state index < -0.39 is 0 Å². The number of hydrogen-bond donors (Lipinski definition) is 1. The van der Waals surface area contributed by atoms with Gasteiger partial charge in [-0.1, -0.05) is 0 Å². The van der Waals surface area contributed by atoms with Gasteiger partial charge in [0.2, 0.25) is 0 Å². The fraction of sp³-hybridized carbons (Fsp3) is 0.769. The summed E-state index contributed by atoms with van der Waals surface area (Å²) in [7, 11) is 0. The number of hydrogen-bond acceptors (Lipinski definition) is 3. The molecule has 2 fully saturated rings. The minimum absolute atomic E-state index is 0.215. The summed E-state index contributed by atoms with van der Waals surface area (Å²) in [6, 6.07) is 0. The molecule has 2 aliphatic rings. The first-order chi connectivity index (χ1) is 8.17. The second kappa shape index (κ2) is 4.10. The lowest BCUT2D eigenvalue weighted by atomic mass is 9.97. The van der Waals surface area contributed by atoms with Gasteiger partial charge in [-0.15, -0.1) is 0 Å². The molecule has 1 atom stereocenters. The Balaban J connectivity index is 1.74. The molecule has 1 aliphatic carbocycles. The van der Waals surface area contributed by atoms with Crippen LogP contribution in [0, 0.1) is 12.8 Å². The van der Waals surface area contributed by atoms with Crippen molar-refractivity contribution in [1.29, 1.82) is 0 Å². The van der Waals surface area contributed by atoms with Crippen LogP contribution in [0.25, 0.3) is 0 Å². The summed E-state index contributed by atoms with van der Waals surface area (Å²) in [6.45, 7) is 8.37. The molecule has 1 N–H and O–H groups in total. The fourth-order valence-electron chi connectivity index (χ4n) is 2.81. The van der Waals surface area contributed by atoms with Crippen LogP contribution in [0.2, 0.25) is 0 Å². The van der Waals surface area contributed by atoms with E-state index in [9.17, 15) is 0 Å². The van der Waals surface area contributed by atoms with Crippen LogP contribution < -0.4 is 0 Å². The van der Waals surface area contributed by atoms with Gasteiger partial charge in [0.15, 0.2) is 0 Å². The molecule has 1 aromatic rings. The molecule has 0 aromatic carbocycles. The molecule has 0 radical (unpaired) electrons. The Morgan fingerprint density at radius 3 is 3.06 bits per heavy atom. The number of nitrogens with zero attached hydrogens (tertiary/aromatic N) is 2. The van der Waals surface area contributed by atoms with Crippen molar-refractivity contribution in [2.24, 2.45) is 5.92 Å². The molecule has 1 saturated heterocycles. The average Bonchev–Trinajstić information content (AvgIpc) is 2.97. The number of ether oxygens (including phenoxy) is 1. The summed E-state index contributed by atoms with van der Waals surface area (Å²) in [5, 5.41) is 7.22. The predicted molar refractivity (Wildman–Crippen MR) is 65.8 cm³/mol. The fourth-order valence-corrected chi connectivity index (χ4v) is 2.81. The topological polar surface area (TPSA) is 41.2 Å². The van der Waals surface area contributed by atoms with Gasteiger partial charge in [-0.2, -0.15) is 5.10 Å². The summed E-state index contributed by atoms with van der Waals surface area (Å²) in [6.07, 6.45) is 4.71. The van der Waals surface area contributed by atoms with Gasteiger partial charge in [0.1, 0.15) is 5.60 Å². The van der Waals surface area contributed by atoms with E-state index in [2.05, 4.69) is 28.9 Å². The Bertz CT molecular complexity index is 399. The van der Waals surface area contributed by atoms with Crippen LogP contribution in [0.15, 0.2) is 6.20 Å². The largest absolute Gasteiger partial charge is 0.366 e. The number of nitrogens with one attached hydrogen (secondary N) is 1. The van der Waals surface area contributed by atoms with Crippen LogP contribution in [0.5, 0.6) is 0 Å². The lowest BCUT2D eigenvalue weighted by molar-refractivity contribution is -0.106. The number of rotatable bonds is 3. The second-order valence-corrected chi connectivity index (χ2v) is 5.69. The van der Waals surface area contributed by atoms with Gasteiger partial charge in [-0.3, -0.25) is 10.00 Å². The molecule has 0 bridgehead atoms. The van der Waals surface area contributed by atoms with Crippen molar-refractivity contribution in [2.75, 3.05) is 26.2 Å². The number of aromatic amines is 1. The standard InChI is InChI=1S/C13H21N3O/c1-10-7-14-15-12(10)13(2)9-16(5-6-17-13)8-11-3-4-11/h7,11H,3-6,8-9H2,1-2H3,(H,14,15). The van der Waals surface area contributed by atoms with E-state index in [1.165, 1.54) is 24.9 Å². The monoisotopic (exact) mass is 235 g/mol. The van der Waals surface area contributed by atoms with Crippen LogP contribution in [0.1, 0.15) is 31.0 Å². The van der Waals surface area contributed by atoms with Crippen molar-refractivity contribution in [2.45, 2.75) is 32.3 Å². The third-order valence-electron chi connectivity index (χ3n) is 3.92. The zero-order valence-corrected chi connectivity index (χ0v) is 10.7. The van der Waals surface area contributed by atoms with Crippen LogP contribution in [-0.2, 0) is 10.3 Å². The molecular weight excluding hydrogens is 214 g/mol. The zero-order chi connectivity index (χ0) is 11.9. The zero-order valence-electron chi connectivity index (χ0n) is 10.7. The molecule has 0 amide bonds. The van der Waals surface area contributed by atoms with Gasteiger partial charge in [-0.05, 0) is 38.2 Å². The normalized spacial score (nSPS) is 30.7. The van der Waals surface area contributed by atoms with E-state index >= 15 is 0 Å². The van der Waals surface area contributed by atoms with Gasteiger partial charge in [0.05, 0.1) is 18.5 Å². The average molecular weight is 235 g/mol. The highest BCUT2D eigenvalue weighted by Gasteiger charge is 2.37. The van der Waals surface area contributed by atoms with E-state index in [-0.39, 0.29) is 5.60 Å². The molecular formula is C13H21N3O. The van der Waals surface area contributed by atoms with Gasteiger partial charge >= 0.3 is 0 Å². The van der Waals surface area contributed by atoms with Crippen LogP contribution >= 0.6 is 0 Å². The molecule has 1 unspecified atom stereocenters. The molecule has 94 valence electrons. The van der Waals surface area contributed by atoms with Gasteiger partial charge < -0.3 is 4.74 Å². The van der Waals surface area contributed by atoms with Crippen molar-refractivity contribution in [3.05, 3.63) is 17.5 Å². The van der Waals surface area contributed by atoms with Crippen molar-refractivity contribution in [3.8, 4) is 0 Å². The molecule has 1 aromatic heterocycles. The van der Waals surface area contributed by atoms with E-state index in [1.807, 2.05) is 6.20 Å². The quantitative estimate of drug-likeness (QED) is 0.866. The number of aromatic nitrogens is 2. The first kappa shape index (κ1) is 11.2. The summed E-state index contributed by atoms with van der Waals surface area (Å²) in [5.74, 6) is 0.945. The number of H-pyrrole nitrogens is 1. The number of morpholine rings is 1. The van der Waals surface area contributed by atoms with Gasteiger partial charge in [0.25, 0.3) is 0 Å². The Morgan fingerprint density at radius 1 is 1.59 bits per heavy atom. The third kappa shape index (κ3) is 2.24. The van der Waals surface area contributed by atoms with Crippen LogP contribution in [0.3, 0.4) is 0 Å². The van der Waals surface area contributed by atoms with E-state index in [0.29, 0.717) is 0 Å². The Labute approximate surface area is 102 Å². The Kier molecular flexibility index (Phi) is 2.71. The van der Waals surface area contributed by atoms with Gasteiger partial charge in [0, 0.05) is 19.6 Å². The molecule has 4 nitrogen and oxygen atoms in total. The molecule has 1 aliphatic heterocycles. The first-order valence-electron chi connectivity index (χ1n) is 6.54. The number of aryl methyl sites for hydroxylation is 1. The Hall–Kier alpha value is -0.870. The molecule has 17 heavy (non-hydrogen) atoms. The minimum atomic E-state index is -0.215. The lowest BCUT2D eigenvalue weighted by Gasteiger charge is -2.40. The maximum Gasteiger partial charge on any atom is 0.119 e. The molecule has 2 heterocycles. The maximum absolute atomic E-state index is 6.01. The van der Waals surface area contributed by atoms with Crippen LogP contribution in [-0.4, -0.2) is 41.3 Å². The van der Waals surface area contributed by atoms with Crippen molar-refractivity contribution >= 4 is 0 Å². The highest BCUT2D eigenvalue weighted by molar-refractivity contribution is 5.22. The highest BCUT2D eigenvalue weighted by Crippen LogP contribution is 2.34. The SMILES string of the molecule is Cc1cn[nH]c1C1(C)CN(CC2CC2)CCO1. The lowest BCUT2D eigenvalue weighted by Crippen LogP contribution is -2.49. The second-order valence-electron chi connectivity index (χ2n) is 5.69. The first-order valence-corrected chi connectivity index (χ1v) is 6.54. The van der Waals surface area contributed by atoms with Crippen molar-refractivity contribution < 1.29 is 4.74 Å². The summed E-state index contributed by atoms with van der Waals surface area (Å²) < 4.78 is 6.01. The van der Waals surface area contributed by atoms with E-state index in [1.54, 1.807) is 0 Å². The molecule has 4 heteroatoms. The smallest absolute Gasteiger partial charge is 0.119 e. The summed E-state index contributed by atoms with van der Waals surface area (Å²) in [5.41, 5.74) is 2.12. The van der Waals surface area contributed by atoms with Crippen molar-refractivity contribution in [3.63, 3.8) is 0 Å². The van der Waals surface area contributed by atoms with E-state index in [4.69, 9.17) is 4.74 Å². The predicted octanol–water partition coefficient (Wildman–Crippen LogP) is 1.68. The maximum atomic E-state index is 6.01. The Morgan fingerprint density at radius 2 is 2.41 bits per heavy atom. The highest BCUT2D eigenvalue weighted by atomic mass is 16.5. The minimum Gasteiger partial charge on any atom is -0.366 e. The van der Waals surface area contributed by atoms with Crippen molar-refractivity contribution in [1.82, 2.24) is 15.1 Å². The summed E-state index contributed by atoms with van der Waals surface area (Å²) in [4.78, 5) is 2.54. The third-order valence-corrected chi connectivity index (χ3v) is 3.92. The molecule has 3 rings (SSSR count). The molecule has 1 saturated carbocycles. The molecule has 0 spiro atoms. The summed E-state index contributed by atoms with van der Waals surface area (Å²) >= 11 is 0. The van der Waals surface area contributed by atoms with E-state index in [0.717, 1.165) is 31.3 Å². The van der Waals surface area contributed by atoms with Crippen LogP contribution in [0.4, 0.5) is 0 Å². The van der Waals surface area contributed by atoms with Gasteiger partial charge in [-0.25, -0.2) is 0 Å².